The number of hydrogen-bond acceptors (Lipinski definition) is 3. The number of carbonyl (C=O) groups is 1. The maximum atomic E-state index is 12.9. The van der Waals surface area contributed by atoms with E-state index in [2.05, 4.69) is 5.43 Å². The first-order chi connectivity index (χ1) is 9.79. The predicted octanol–water partition coefficient (Wildman–Crippen LogP) is 3.43. The first-order valence-corrected chi connectivity index (χ1v) is 6.41. The Bertz CT molecular complexity index is 542. The zero-order valence-electron chi connectivity index (χ0n) is 11.9. The van der Waals surface area contributed by atoms with Gasteiger partial charge in [0.2, 0.25) is 0 Å². The smallest absolute Gasteiger partial charge is 0.416 e. The zero-order valence-corrected chi connectivity index (χ0v) is 11.9. The first-order valence-electron chi connectivity index (χ1n) is 6.41. The highest BCUT2D eigenvalue weighted by atomic mass is 19.4. The van der Waals surface area contributed by atoms with Crippen molar-refractivity contribution in [2.45, 2.75) is 26.1 Å². The minimum Gasteiger partial charge on any atom is -0.478 e. The number of hydrogen-bond donors (Lipinski definition) is 2. The quantitative estimate of drug-likeness (QED) is 0.879. The molecule has 0 spiro atoms. The van der Waals surface area contributed by atoms with Gasteiger partial charge in [-0.3, -0.25) is 0 Å². The summed E-state index contributed by atoms with van der Waals surface area (Å²) in [5, 5.41) is 10.4. The molecule has 1 aromatic rings. The third kappa shape index (κ3) is 3.98. The summed E-state index contributed by atoms with van der Waals surface area (Å²) in [5.74, 6) is -1.26. The van der Waals surface area contributed by atoms with Crippen molar-refractivity contribution in [3.63, 3.8) is 0 Å². The number of aromatic carboxylic acids is 1. The second kappa shape index (κ2) is 6.62. The van der Waals surface area contributed by atoms with E-state index >= 15 is 0 Å². The van der Waals surface area contributed by atoms with Gasteiger partial charge >= 0.3 is 12.1 Å². The molecule has 1 aromatic carbocycles. The van der Waals surface area contributed by atoms with Crippen molar-refractivity contribution >= 4 is 5.97 Å². The molecule has 2 rings (SSSR count). The summed E-state index contributed by atoms with van der Waals surface area (Å²) in [5.41, 5.74) is 1.66. The molecule has 21 heavy (non-hydrogen) atoms. The molecule has 0 saturated heterocycles. The lowest BCUT2D eigenvalue weighted by atomic mass is 9.97. The number of carboxylic acids is 1. The van der Waals surface area contributed by atoms with Crippen LogP contribution in [0.4, 0.5) is 13.2 Å². The molecule has 1 atom stereocenters. The minimum atomic E-state index is -4.52. The van der Waals surface area contributed by atoms with Gasteiger partial charge in [-0.2, -0.15) is 13.2 Å². The van der Waals surface area contributed by atoms with Crippen LogP contribution in [-0.2, 0) is 6.18 Å². The number of hydrazine groups is 1. The van der Waals surface area contributed by atoms with Gasteiger partial charge in [-0.05, 0) is 29.8 Å². The van der Waals surface area contributed by atoms with E-state index in [0.29, 0.717) is 0 Å². The molecule has 0 aromatic heterocycles. The Kier molecular flexibility index (Phi) is 5.37. The van der Waals surface area contributed by atoms with Gasteiger partial charge in [0.05, 0.1) is 17.2 Å². The lowest BCUT2D eigenvalue weighted by Gasteiger charge is -2.20. The molecule has 1 aliphatic heterocycles. The molecule has 0 fully saturated rings. The van der Waals surface area contributed by atoms with Crippen LogP contribution < -0.4 is 5.43 Å². The van der Waals surface area contributed by atoms with Gasteiger partial charge in [0.1, 0.15) is 0 Å². The summed E-state index contributed by atoms with van der Waals surface area (Å²) >= 11 is 0. The van der Waals surface area contributed by atoms with Crippen molar-refractivity contribution in [2.75, 3.05) is 7.05 Å². The standard InChI is InChI=1S/C12H11F3N2O2.C2H6/c1-17-5-4-10(16-17)8-6-7(11(18)19)2-3-9(8)12(13,14)15;1-2/h2-6,10,16H,1H3,(H,18,19);1-2H3. The van der Waals surface area contributed by atoms with E-state index in [4.69, 9.17) is 5.11 Å². The fourth-order valence-electron chi connectivity index (χ4n) is 1.91. The average Bonchev–Trinajstić information content (AvgIpc) is 2.86. The molecule has 1 unspecified atom stereocenters. The maximum absolute atomic E-state index is 12.9. The van der Waals surface area contributed by atoms with Gasteiger partial charge in [0.15, 0.2) is 0 Å². The number of carboxylic acid groups (broad SMARTS) is 1. The molecular weight excluding hydrogens is 285 g/mol. The van der Waals surface area contributed by atoms with E-state index < -0.39 is 23.8 Å². The number of nitrogens with one attached hydrogen (secondary N) is 1. The van der Waals surface area contributed by atoms with Crippen LogP contribution in [-0.4, -0.2) is 23.1 Å². The van der Waals surface area contributed by atoms with Crippen molar-refractivity contribution < 1.29 is 23.1 Å². The van der Waals surface area contributed by atoms with E-state index in [9.17, 15) is 18.0 Å². The van der Waals surface area contributed by atoms with Gasteiger partial charge in [-0.15, -0.1) is 0 Å². The van der Waals surface area contributed by atoms with Crippen LogP contribution >= 0.6 is 0 Å². The molecule has 1 aliphatic rings. The zero-order chi connectivity index (χ0) is 16.2. The molecule has 0 aliphatic carbocycles. The molecule has 7 heteroatoms. The van der Waals surface area contributed by atoms with Crippen molar-refractivity contribution in [3.05, 3.63) is 47.2 Å². The van der Waals surface area contributed by atoms with Crippen molar-refractivity contribution in [1.82, 2.24) is 10.4 Å². The number of nitrogens with zero attached hydrogens (tertiary/aromatic N) is 1. The Morgan fingerprint density at radius 1 is 1.33 bits per heavy atom. The van der Waals surface area contributed by atoms with Crippen LogP contribution in [0.5, 0.6) is 0 Å². The average molecular weight is 302 g/mol. The number of alkyl halides is 3. The summed E-state index contributed by atoms with van der Waals surface area (Å²) < 4.78 is 38.8. The third-order valence-corrected chi connectivity index (χ3v) is 2.78. The fourth-order valence-corrected chi connectivity index (χ4v) is 1.91. The van der Waals surface area contributed by atoms with Crippen molar-refractivity contribution in [1.29, 1.82) is 0 Å². The van der Waals surface area contributed by atoms with E-state index in [1.807, 2.05) is 13.8 Å². The molecule has 0 bridgehead atoms. The highest BCUT2D eigenvalue weighted by Crippen LogP contribution is 2.36. The minimum absolute atomic E-state index is 0.104. The van der Waals surface area contributed by atoms with Crippen LogP contribution in [0.15, 0.2) is 30.5 Å². The number of rotatable bonds is 2. The SMILES string of the molecule is CC.CN1C=CC(c2cc(C(=O)O)ccc2C(F)(F)F)N1. The molecular formula is C14H17F3N2O2. The summed E-state index contributed by atoms with van der Waals surface area (Å²) in [6, 6.07) is 2.11. The van der Waals surface area contributed by atoms with Gasteiger partial charge in [0.25, 0.3) is 0 Å². The summed E-state index contributed by atoms with van der Waals surface area (Å²) in [6.07, 6.45) is -1.41. The molecule has 2 N–H and O–H groups in total. The monoisotopic (exact) mass is 302 g/mol. The normalized spacial score (nSPS) is 17.4. The summed E-state index contributed by atoms with van der Waals surface area (Å²) in [7, 11) is 1.64. The summed E-state index contributed by atoms with van der Waals surface area (Å²) in [6.45, 7) is 4.00. The van der Waals surface area contributed by atoms with Crippen LogP contribution in [0.1, 0.15) is 41.4 Å². The Morgan fingerprint density at radius 2 is 1.95 bits per heavy atom. The highest BCUT2D eigenvalue weighted by Gasteiger charge is 2.36. The van der Waals surface area contributed by atoms with Crippen LogP contribution in [0.3, 0.4) is 0 Å². The Morgan fingerprint density at radius 3 is 2.38 bits per heavy atom. The topological polar surface area (TPSA) is 52.6 Å². The van der Waals surface area contributed by atoms with Gasteiger partial charge < -0.3 is 10.1 Å². The van der Waals surface area contributed by atoms with Gasteiger partial charge in [-0.1, -0.05) is 13.8 Å². The van der Waals surface area contributed by atoms with Gasteiger partial charge in [0, 0.05) is 13.2 Å². The summed E-state index contributed by atoms with van der Waals surface area (Å²) in [4.78, 5) is 10.9. The van der Waals surface area contributed by atoms with Crippen molar-refractivity contribution in [3.8, 4) is 0 Å². The molecule has 4 nitrogen and oxygen atoms in total. The second-order valence-corrected chi connectivity index (χ2v) is 4.16. The van der Waals surface area contributed by atoms with Crippen molar-refractivity contribution in [2.24, 2.45) is 0 Å². The lowest BCUT2D eigenvalue weighted by Crippen LogP contribution is -2.28. The van der Waals surface area contributed by atoms with Gasteiger partial charge in [-0.25, -0.2) is 10.2 Å². The predicted molar refractivity (Wildman–Crippen MR) is 72.5 cm³/mol. The van der Waals surface area contributed by atoms with E-state index in [-0.39, 0.29) is 11.1 Å². The number of benzene rings is 1. The van der Waals surface area contributed by atoms with Crippen LogP contribution in [0, 0.1) is 0 Å². The maximum Gasteiger partial charge on any atom is 0.416 e. The van der Waals surface area contributed by atoms with Crippen LogP contribution in [0.25, 0.3) is 0 Å². The second-order valence-electron chi connectivity index (χ2n) is 4.16. The molecule has 116 valence electrons. The fraction of sp³-hybridized carbons (Fsp3) is 0.357. The number of halogens is 3. The molecule has 1 heterocycles. The first kappa shape index (κ1) is 17.0. The third-order valence-electron chi connectivity index (χ3n) is 2.78. The Labute approximate surface area is 120 Å². The highest BCUT2D eigenvalue weighted by molar-refractivity contribution is 5.88. The lowest BCUT2D eigenvalue weighted by molar-refractivity contribution is -0.138. The van der Waals surface area contributed by atoms with E-state index in [1.54, 1.807) is 13.2 Å². The van der Waals surface area contributed by atoms with E-state index in [0.717, 1.165) is 18.2 Å². The molecule has 0 amide bonds. The Balaban J connectivity index is 0.00000106. The molecule has 0 saturated carbocycles. The molecule has 0 radical (unpaired) electrons. The largest absolute Gasteiger partial charge is 0.478 e. The van der Waals surface area contributed by atoms with Crippen LogP contribution in [0.2, 0.25) is 0 Å². The Hall–Kier alpha value is -2.02. The van der Waals surface area contributed by atoms with E-state index in [1.165, 1.54) is 11.1 Å².